The zero-order valence-corrected chi connectivity index (χ0v) is 44.7. The fourth-order valence-corrected chi connectivity index (χ4v) is 8.11. The number of aliphatic hydroxyl groups excluding tert-OH is 3. The molecule has 0 aliphatic heterocycles. The summed E-state index contributed by atoms with van der Waals surface area (Å²) in [5, 5.41) is 30.1. The molecule has 406 valence electrons. The summed E-state index contributed by atoms with van der Waals surface area (Å²) in [6, 6.07) is 0. The van der Waals surface area contributed by atoms with Crippen LogP contribution in [0.2, 0.25) is 0 Å². The predicted molar refractivity (Wildman–Crippen MR) is 279 cm³/mol. The van der Waals surface area contributed by atoms with Crippen LogP contribution in [0.4, 0.5) is 0 Å². The number of allylic oxidation sites excluding steroid dienone is 12. The maximum absolute atomic E-state index is 12.2. The van der Waals surface area contributed by atoms with E-state index in [0.29, 0.717) is 12.8 Å². The molecule has 0 aliphatic rings. The number of ether oxygens (including phenoxy) is 2. The third-order valence-corrected chi connectivity index (χ3v) is 12.5. The normalized spacial score (nSPS) is 15.5. The van der Waals surface area contributed by atoms with Gasteiger partial charge in [-0.15, -0.1) is 0 Å². The van der Waals surface area contributed by atoms with E-state index in [-0.39, 0.29) is 12.8 Å². The Bertz CT molecular complexity index is 1530. The van der Waals surface area contributed by atoms with Gasteiger partial charge in [-0.2, -0.15) is 0 Å². The molecule has 0 aromatic heterocycles. The van der Waals surface area contributed by atoms with Gasteiger partial charge in [0.2, 0.25) is 0 Å². The second-order valence-corrected chi connectivity index (χ2v) is 20.4. The molecule has 5 atom stereocenters. The molecule has 5 N–H and O–H groups in total. The summed E-state index contributed by atoms with van der Waals surface area (Å²) in [5.74, 6) is -1.02. The smallest absolute Gasteiger partial charge is 0.463 e. The molecule has 0 aliphatic carbocycles. The first-order valence-corrected chi connectivity index (χ1v) is 29.3. The molecule has 0 saturated carbocycles. The Morgan fingerprint density at radius 3 is 0.914 bits per heavy atom. The topological polar surface area (TPSA) is 225 Å². The number of carbonyl (C=O) groups is 2. The van der Waals surface area contributed by atoms with Crippen LogP contribution in [-0.4, -0.2) is 95.0 Å². The highest BCUT2D eigenvalue weighted by atomic mass is 31.2. The molecule has 0 fully saturated rings. The van der Waals surface area contributed by atoms with E-state index in [1.165, 1.54) is 64.2 Å². The molecular weight excluding hydrogens is 939 g/mol. The maximum atomic E-state index is 12.2. The van der Waals surface area contributed by atoms with Crippen molar-refractivity contribution in [2.24, 2.45) is 0 Å². The number of carbonyl (C=O) groups excluding carboxylic acids is 2. The van der Waals surface area contributed by atoms with Crippen molar-refractivity contribution in [1.82, 2.24) is 0 Å². The number of phosphoric ester groups is 2. The van der Waals surface area contributed by atoms with Crippen molar-refractivity contribution in [3.63, 3.8) is 0 Å². The van der Waals surface area contributed by atoms with Gasteiger partial charge in [0.15, 0.2) is 0 Å². The van der Waals surface area contributed by atoms with E-state index in [1.54, 1.807) is 0 Å². The number of phosphoric acid groups is 2. The Hall–Kier alpha value is -2.52. The third-order valence-electron chi connectivity index (χ3n) is 10.6. The van der Waals surface area contributed by atoms with E-state index in [2.05, 4.69) is 100 Å². The minimum atomic E-state index is -4.80. The average molecular weight is 1030 g/mol. The predicted octanol–water partition coefficient (Wildman–Crippen LogP) is 12.7. The standard InChI is InChI=1S/C53H94O15P2/c1-3-5-7-9-11-13-15-17-19-21-22-23-24-26-28-30-32-34-36-38-40-42-53(58)64-44-50(55)46-66-70(61,62)68-48-51(56)47-67-69(59,60)65-45-49(54)43-63-52(57)41-39-37-35-33-31-29-27-25-20-18-16-14-12-10-8-6-4-2/h11-14,17-20,22-23,26,28,49-51,54-56H,3-10,15-16,21,24-25,27,29-48H2,1-2H3,(H,59,60)(H,61,62)/b13-11-,14-12-,19-17-,20-18-,23-22-,28-26-. The van der Waals surface area contributed by atoms with Crippen LogP contribution in [0.1, 0.15) is 194 Å². The minimum absolute atomic E-state index is 0.172. The molecule has 0 saturated heterocycles. The number of unbranched alkanes of at least 4 members (excludes halogenated alkanes) is 18. The highest BCUT2D eigenvalue weighted by Gasteiger charge is 2.28. The Labute approximate surface area is 422 Å². The highest BCUT2D eigenvalue weighted by Crippen LogP contribution is 2.45. The van der Waals surface area contributed by atoms with Crippen LogP contribution in [0.25, 0.3) is 0 Å². The maximum Gasteiger partial charge on any atom is 0.472 e. The van der Waals surface area contributed by atoms with Crippen LogP contribution in [0.15, 0.2) is 72.9 Å². The molecule has 0 heterocycles. The lowest BCUT2D eigenvalue weighted by molar-refractivity contribution is -0.148. The van der Waals surface area contributed by atoms with Gasteiger partial charge >= 0.3 is 27.6 Å². The van der Waals surface area contributed by atoms with E-state index in [1.807, 2.05) is 0 Å². The monoisotopic (exact) mass is 1030 g/mol. The van der Waals surface area contributed by atoms with Gasteiger partial charge in [0.05, 0.1) is 26.4 Å². The molecular formula is C53H94O15P2. The van der Waals surface area contributed by atoms with Gasteiger partial charge in [-0.1, -0.05) is 164 Å². The fourth-order valence-electron chi connectivity index (χ4n) is 6.52. The fraction of sp³-hybridized carbons (Fsp3) is 0.736. The molecule has 0 spiro atoms. The Balaban J connectivity index is 3.90. The highest BCUT2D eigenvalue weighted by molar-refractivity contribution is 7.47. The molecule has 0 amide bonds. The van der Waals surface area contributed by atoms with E-state index in [9.17, 15) is 43.8 Å². The first-order chi connectivity index (χ1) is 33.8. The molecule has 0 bridgehead atoms. The van der Waals surface area contributed by atoms with Gasteiger partial charge in [-0.25, -0.2) is 9.13 Å². The van der Waals surface area contributed by atoms with Crippen LogP contribution in [0, 0.1) is 0 Å². The summed E-state index contributed by atoms with van der Waals surface area (Å²) in [4.78, 5) is 43.9. The second kappa shape index (κ2) is 48.7. The van der Waals surface area contributed by atoms with Gasteiger partial charge in [0.25, 0.3) is 0 Å². The number of hydrogen-bond donors (Lipinski definition) is 5. The van der Waals surface area contributed by atoms with Crippen molar-refractivity contribution in [3.8, 4) is 0 Å². The first-order valence-electron chi connectivity index (χ1n) is 26.3. The summed E-state index contributed by atoms with van der Waals surface area (Å²) in [7, 11) is -9.59. The average Bonchev–Trinajstić information content (AvgIpc) is 3.34. The van der Waals surface area contributed by atoms with Crippen molar-refractivity contribution in [2.75, 3.05) is 39.6 Å². The zero-order valence-electron chi connectivity index (χ0n) is 42.9. The SMILES string of the molecule is CCCCC/C=C\C/C=C\C/C=C\C/C=C\CCCCCCCC(=O)OCC(O)COP(=O)(O)OCC(O)COP(=O)(O)OCC(O)COC(=O)CCCCCCCCC/C=C\C/C=C\CCCCC. The van der Waals surface area contributed by atoms with E-state index < -0.39 is 85.5 Å². The number of esters is 2. The molecule has 0 aromatic carbocycles. The second-order valence-electron chi connectivity index (χ2n) is 17.5. The Morgan fingerprint density at radius 1 is 0.371 bits per heavy atom. The van der Waals surface area contributed by atoms with Crippen molar-refractivity contribution in [2.45, 2.75) is 212 Å². The Morgan fingerprint density at radius 2 is 0.614 bits per heavy atom. The van der Waals surface area contributed by atoms with E-state index in [0.717, 1.165) is 89.9 Å². The zero-order chi connectivity index (χ0) is 51.7. The van der Waals surface area contributed by atoms with Gasteiger partial charge in [0, 0.05) is 12.8 Å². The summed E-state index contributed by atoms with van der Waals surface area (Å²) in [6.45, 7) is 0.339. The lowest BCUT2D eigenvalue weighted by atomic mass is 10.1. The largest absolute Gasteiger partial charge is 0.472 e. The lowest BCUT2D eigenvalue weighted by Crippen LogP contribution is -2.25. The molecule has 0 rings (SSSR count). The van der Waals surface area contributed by atoms with Gasteiger partial charge < -0.3 is 34.6 Å². The van der Waals surface area contributed by atoms with Gasteiger partial charge in [-0.05, 0) is 89.9 Å². The van der Waals surface area contributed by atoms with Crippen molar-refractivity contribution >= 4 is 27.6 Å². The molecule has 5 unspecified atom stereocenters. The first kappa shape index (κ1) is 67.5. The minimum Gasteiger partial charge on any atom is -0.463 e. The molecule has 0 aromatic rings. The van der Waals surface area contributed by atoms with Crippen LogP contribution in [0.5, 0.6) is 0 Å². The molecule has 15 nitrogen and oxygen atoms in total. The Kier molecular flexibility index (Phi) is 47.0. The molecule has 17 heteroatoms. The number of rotatable bonds is 50. The van der Waals surface area contributed by atoms with Crippen LogP contribution >= 0.6 is 15.6 Å². The molecule has 0 radical (unpaired) electrons. The quantitative estimate of drug-likeness (QED) is 0.0165. The van der Waals surface area contributed by atoms with Crippen molar-refractivity contribution in [1.29, 1.82) is 0 Å². The van der Waals surface area contributed by atoms with E-state index >= 15 is 0 Å². The number of hydrogen-bond acceptors (Lipinski definition) is 13. The summed E-state index contributed by atoms with van der Waals surface area (Å²) in [6.07, 6.45) is 50.2. The third kappa shape index (κ3) is 50.4. The van der Waals surface area contributed by atoms with Crippen LogP contribution in [-0.2, 0) is 46.3 Å². The van der Waals surface area contributed by atoms with Crippen LogP contribution < -0.4 is 0 Å². The van der Waals surface area contributed by atoms with Gasteiger partial charge in [-0.3, -0.25) is 27.7 Å². The van der Waals surface area contributed by atoms with E-state index in [4.69, 9.17) is 14.0 Å². The van der Waals surface area contributed by atoms with Crippen molar-refractivity contribution < 1.29 is 71.4 Å². The van der Waals surface area contributed by atoms with Gasteiger partial charge in [0.1, 0.15) is 31.5 Å². The lowest BCUT2D eigenvalue weighted by Gasteiger charge is -2.19. The number of aliphatic hydroxyl groups is 3. The summed E-state index contributed by atoms with van der Waals surface area (Å²) in [5.41, 5.74) is 0. The van der Waals surface area contributed by atoms with Crippen molar-refractivity contribution in [3.05, 3.63) is 72.9 Å². The summed E-state index contributed by atoms with van der Waals surface area (Å²) < 4.78 is 53.1. The molecule has 70 heavy (non-hydrogen) atoms. The van der Waals surface area contributed by atoms with Crippen LogP contribution in [0.3, 0.4) is 0 Å². The summed E-state index contributed by atoms with van der Waals surface area (Å²) >= 11 is 0.